The van der Waals surface area contributed by atoms with E-state index in [2.05, 4.69) is 0 Å². The Bertz CT molecular complexity index is 399. The lowest BCUT2D eigenvalue weighted by Crippen LogP contribution is -2.06. The molecule has 1 aromatic carbocycles. The number of hydrogen-bond donors (Lipinski definition) is 0. The molecule has 5 heteroatoms. The van der Waals surface area contributed by atoms with Crippen LogP contribution in [-0.4, -0.2) is 5.78 Å². The third-order valence-electron chi connectivity index (χ3n) is 2.05. The van der Waals surface area contributed by atoms with Gasteiger partial charge in [-0.15, -0.1) is 0 Å². The van der Waals surface area contributed by atoms with Gasteiger partial charge in [0, 0.05) is 11.4 Å². The molecule has 0 aliphatic carbocycles. The molecule has 1 aromatic rings. The molecule has 1 nitrogen and oxygen atoms in total. The Balaban J connectivity index is 2.94. The predicted octanol–water partition coefficient (Wildman–Crippen LogP) is 3.88. The lowest BCUT2D eigenvalue weighted by molar-refractivity contribution is -0.137. The fraction of sp³-hybridized carbons (Fsp3) is 0.364. The normalized spacial score (nSPS) is 11.6. The molecule has 0 saturated carbocycles. The summed E-state index contributed by atoms with van der Waals surface area (Å²) in [5.41, 5.74) is -0.353. The van der Waals surface area contributed by atoms with E-state index in [1.165, 1.54) is 13.0 Å². The second-order valence-electron chi connectivity index (χ2n) is 3.55. The molecule has 0 radical (unpaired) electrons. The summed E-state index contributed by atoms with van der Waals surface area (Å²) >= 11 is 5.59. The lowest BCUT2D eigenvalue weighted by atomic mass is 10.0. The summed E-state index contributed by atoms with van der Waals surface area (Å²) in [4.78, 5) is 10.7. The molecule has 0 saturated heterocycles. The summed E-state index contributed by atoms with van der Waals surface area (Å²) in [7, 11) is 0. The van der Waals surface area contributed by atoms with Crippen molar-refractivity contribution in [2.24, 2.45) is 0 Å². The fourth-order valence-electron chi connectivity index (χ4n) is 1.28. The summed E-state index contributed by atoms with van der Waals surface area (Å²) < 4.78 is 37.3. The van der Waals surface area contributed by atoms with E-state index in [1.807, 2.05) is 0 Å². The van der Waals surface area contributed by atoms with E-state index >= 15 is 0 Å². The van der Waals surface area contributed by atoms with Crippen molar-refractivity contribution < 1.29 is 18.0 Å². The highest BCUT2D eigenvalue weighted by atomic mass is 35.5. The molecule has 0 spiro atoms. The zero-order valence-electron chi connectivity index (χ0n) is 8.57. The minimum atomic E-state index is -4.41. The number of alkyl halides is 3. The number of hydrogen-bond acceptors (Lipinski definition) is 1. The van der Waals surface area contributed by atoms with Gasteiger partial charge in [0.25, 0.3) is 0 Å². The molecule has 0 N–H and O–H groups in total. The van der Waals surface area contributed by atoms with Gasteiger partial charge in [0.05, 0.1) is 5.56 Å². The smallest absolute Gasteiger partial charge is 0.300 e. The number of ketones is 1. The number of Topliss-reactive ketones (excluding diaryl/α,β-unsaturated/α-hetero) is 1. The van der Waals surface area contributed by atoms with Crippen LogP contribution in [0.1, 0.15) is 24.5 Å². The summed E-state index contributed by atoms with van der Waals surface area (Å²) in [5, 5.41) is 0.0355. The Labute approximate surface area is 96.2 Å². The fourth-order valence-corrected chi connectivity index (χ4v) is 1.54. The number of benzene rings is 1. The SMILES string of the molecule is CC(=O)CCc1cc(Cl)cc(C(F)(F)F)c1. The van der Waals surface area contributed by atoms with Crippen LogP contribution in [0.25, 0.3) is 0 Å². The molecule has 0 heterocycles. The van der Waals surface area contributed by atoms with Crippen LogP contribution in [0.15, 0.2) is 18.2 Å². The second kappa shape index (κ2) is 4.87. The average molecular weight is 251 g/mol. The van der Waals surface area contributed by atoms with E-state index in [0.29, 0.717) is 5.56 Å². The van der Waals surface area contributed by atoms with Gasteiger partial charge in [-0.05, 0) is 37.1 Å². The van der Waals surface area contributed by atoms with E-state index in [1.54, 1.807) is 0 Å². The maximum absolute atomic E-state index is 12.4. The van der Waals surface area contributed by atoms with Crippen molar-refractivity contribution in [1.29, 1.82) is 0 Å². The highest BCUT2D eigenvalue weighted by molar-refractivity contribution is 6.30. The summed E-state index contributed by atoms with van der Waals surface area (Å²) in [6.45, 7) is 1.40. The maximum Gasteiger partial charge on any atom is 0.416 e. The van der Waals surface area contributed by atoms with Gasteiger partial charge >= 0.3 is 6.18 Å². The molecule has 16 heavy (non-hydrogen) atoms. The van der Waals surface area contributed by atoms with Crippen molar-refractivity contribution >= 4 is 17.4 Å². The Kier molecular flexibility index (Phi) is 3.97. The number of carbonyl (C=O) groups excluding carboxylic acids is 1. The number of halogens is 4. The first-order valence-corrected chi connectivity index (χ1v) is 5.03. The van der Waals surface area contributed by atoms with Crippen LogP contribution >= 0.6 is 11.6 Å². The molecule has 0 amide bonds. The van der Waals surface area contributed by atoms with Gasteiger partial charge in [-0.1, -0.05) is 11.6 Å². The molecule has 0 unspecified atom stereocenters. The van der Waals surface area contributed by atoms with Crippen LogP contribution in [0.2, 0.25) is 5.02 Å². The van der Waals surface area contributed by atoms with E-state index in [4.69, 9.17) is 11.6 Å². The Morgan fingerprint density at radius 2 is 1.94 bits per heavy atom. The average Bonchev–Trinajstić information content (AvgIpc) is 2.12. The lowest BCUT2D eigenvalue weighted by Gasteiger charge is -2.09. The summed E-state index contributed by atoms with van der Waals surface area (Å²) in [5.74, 6) is -0.0615. The molecule has 0 aliphatic rings. The third-order valence-corrected chi connectivity index (χ3v) is 2.27. The first kappa shape index (κ1) is 13.0. The van der Waals surface area contributed by atoms with Crippen molar-refractivity contribution in [3.05, 3.63) is 34.3 Å². The summed E-state index contributed by atoms with van der Waals surface area (Å²) in [6, 6.07) is 3.34. The minimum Gasteiger partial charge on any atom is -0.300 e. The van der Waals surface area contributed by atoms with E-state index in [9.17, 15) is 18.0 Å². The van der Waals surface area contributed by atoms with Gasteiger partial charge < -0.3 is 4.79 Å². The Morgan fingerprint density at radius 3 is 2.44 bits per heavy atom. The first-order valence-electron chi connectivity index (χ1n) is 4.65. The van der Waals surface area contributed by atoms with Crippen molar-refractivity contribution in [1.82, 2.24) is 0 Å². The van der Waals surface area contributed by atoms with Crippen LogP contribution in [0.4, 0.5) is 13.2 Å². The number of aryl methyl sites for hydroxylation is 1. The van der Waals surface area contributed by atoms with Crippen molar-refractivity contribution in [3.8, 4) is 0 Å². The van der Waals surface area contributed by atoms with Crippen LogP contribution in [-0.2, 0) is 17.4 Å². The zero-order valence-corrected chi connectivity index (χ0v) is 9.32. The Hall–Kier alpha value is -1.03. The van der Waals surface area contributed by atoms with Gasteiger partial charge in [0.1, 0.15) is 5.78 Å². The molecular weight excluding hydrogens is 241 g/mol. The van der Waals surface area contributed by atoms with Crippen LogP contribution < -0.4 is 0 Å². The van der Waals surface area contributed by atoms with Crippen LogP contribution in [0.5, 0.6) is 0 Å². The van der Waals surface area contributed by atoms with Gasteiger partial charge in [-0.2, -0.15) is 13.2 Å². The van der Waals surface area contributed by atoms with Gasteiger partial charge in [0.2, 0.25) is 0 Å². The summed E-state index contributed by atoms with van der Waals surface area (Å²) in [6.07, 6.45) is -3.91. The topological polar surface area (TPSA) is 17.1 Å². The third kappa shape index (κ3) is 3.85. The van der Waals surface area contributed by atoms with Gasteiger partial charge in [-0.25, -0.2) is 0 Å². The highest BCUT2D eigenvalue weighted by Crippen LogP contribution is 2.32. The van der Waals surface area contributed by atoms with Crippen LogP contribution in [0.3, 0.4) is 0 Å². The second-order valence-corrected chi connectivity index (χ2v) is 3.98. The standard InChI is InChI=1S/C11H10ClF3O/c1-7(16)2-3-8-4-9(11(13,14)15)6-10(12)5-8/h4-6H,2-3H2,1H3. The monoisotopic (exact) mass is 250 g/mol. The van der Waals surface area contributed by atoms with Crippen molar-refractivity contribution in [2.75, 3.05) is 0 Å². The van der Waals surface area contributed by atoms with Crippen molar-refractivity contribution in [2.45, 2.75) is 25.9 Å². The number of carbonyl (C=O) groups is 1. The van der Waals surface area contributed by atoms with E-state index < -0.39 is 11.7 Å². The predicted molar refractivity (Wildman–Crippen MR) is 55.5 cm³/mol. The molecule has 0 aromatic heterocycles. The van der Waals surface area contributed by atoms with E-state index in [0.717, 1.165) is 12.1 Å². The largest absolute Gasteiger partial charge is 0.416 e. The molecule has 88 valence electrons. The molecule has 0 atom stereocenters. The highest BCUT2D eigenvalue weighted by Gasteiger charge is 2.30. The molecule has 0 bridgehead atoms. The molecule has 1 rings (SSSR count). The first-order chi connectivity index (χ1) is 7.29. The molecule has 0 fully saturated rings. The molecular formula is C11H10ClF3O. The zero-order chi connectivity index (χ0) is 12.3. The van der Waals surface area contributed by atoms with Gasteiger partial charge in [0.15, 0.2) is 0 Å². The minimum absolute atomic E-state index is 0.0355. The maximum atomic E-state index is 12.4. The molecule has 0 aliphatic heterocycles. The van der Waals surface area contributed by atoms with Gasteiger partial charge in [-0.3, -0.25) is 0 Å². The quantitative estimate of drug-likeness (QED) is 0.796. The van der Waals surface area contributed by atoms with E-state index in [-0.39, 0.29) is 23.6 Å². The van der Waals surface area contributed by atoms with Crippen LogP contribution in [0, 0.1) is 0 Å². The number of rotatable bonds is 3. The van der Waals surface area contributed by atoms with Crippen molar-refractivity contribution in [3.63, 3.8) is 0 Å². The Morgan fingerprint density at radius 1 is 1.31 bits per heavy atom.